The van der Waals surface area contributed by atoms with Crippen molar-refractivity contribution in [3.05, 3.63) is 47.5 Å². The van der Waals surface area contributed by atoms with Gasteiger partial charge in [0.25, 0.3) is 0 Å². The fraction of sp³-hybridized carbons (Fsp3) is 0.182. The number of benzene rings is 1. The molecule has 2 rings (SSSR count). The maximum absolute atomic E-state index is 3.42. The summed E-state index contributed by atoms with van der Waals surface area (Å²) < 4.78 is 5.36. The van der Waals surface area contributed by atoms with E-state index in [1.807, 2.05) is 12.1 Å². The minimum atomic E-state index is 0. The van der Waals surface area contributed by atoms with E-state index in [-0.39, 0.29) is 17.0 Å². The Labute approximate surface area is 108 Å². The number of aryl methyl sites for hydroxylation is 1. The van der Waals surface area contributed by atoms with Gasteiger partial charge in [-0.3, -0.25) is 0 Å². The fourth-order valence-electron chi connectivity index (χ4n) is 1.35. The van der Waals surface area contributed by atoms with E-state index in [0.29, 0.717) is 0 Å². The maximum atomic E-state index is 3.42. The van der Waals surface area contributed by atoms with Gasteiger partial charge in [-0.05, 0) is 31.2 Å². The van der Waals surface area contributed by atoms with Crippen LogP contribution in [0.2, 0.25) is 0 Å². The molecule has 0 aliphatic rings. The summed E-state index contributed by atoms with van der Waals surface area (Å²) in [5.74, 6) is 0. The minimum absolute atomic E-state index is 0. The standard InChI is InChI=1S/C11H12BrN2.BrH/c1-2-13-7-8-14(9-13)11-5-3-10(12)4-6-11;/h3-9H,2H2,1H3;1H/q+1;/p-1. The van der Waals surface area contributed by atoms with Crippen molar-refractivity contribution < 1.29 is 21.5 Å². The largest absolute Gasteiger partial charge is 1.00 e. The Bertz CT molecular complexity index is 420. The van der Waals surface area contributed by atoms with Gasteiger partial charge in [-0.15, -0.1) is 0 Å². The predicted octanol–water partition coefficient (Wildman–Crippen LogP) is -0.449. The van der Waals surface area contributed by atoms with Crippen LogP contribution in [0, 0.1) is 0 Å². The van der Waals surface area contributed by atoms with E-state index in [9.17, 15) is 0 Å². The van der Waals surface area contributed by atoms with Crippen molar-refractivity contribution in [2.24, 2.45) is 0 Å². The van der Waals surface area contributed by atoms with Crippen LogP contribution in [-0.2, 0) is 6.54 Å². The van der Waals surface area contributed by atoms with Crippen LogP contribution in [0.1, 0.15) is 6.92 Å². The van der Waals surface area contributed by atoms with Crippen molar-refractivity contribution in [1.29, 1.82) is 0 Å². The zero-order valence-electron chi connectivity index (χ0n) is 8.40. The minimum Gasteiger partial charge on any atom is -1.00 e. The molecule has 2 nitrogen and oxygen atoms in total. The first-order valence-corrected chi connectivity index (χ1v) is 5.42. The Morgan fingerprint density at radius 3 is 2.47 bits per heavy atom. The predicted molar refractivity (Wildman–Crippen MR) is 59.3 cm³/mol. The molecule has 0 radical (unpaired) electrons. The van der Waals surface area contributed by atoms with Crippen molar-refractivity contribution in [2.75, 3.05) is 0 Å². The van der Waals surface area contributed by atoms with Crippen LogP contribution >= 0.6 is 15.9 Å². The van der Waals surface area contributed by atoms with Crippen LogP contribution in [-0.4, -0.2) is 4.57 Å². The van der Waals surface area contributed by atoms with Gasteiger partial charge in [-0.1, -0.05) is 15.9 Å². The number of hydrogen-bond acceptors (Lipinski definition) is 0. The van der Waals surface area contributed by atoms with Gasteiger partial charge in [0.2, 0.25) is 6.33 Å². The molecule has 0 atom stereocenters. The first kappa shape index (κ1) is 12.5. The number of rotatable bonds is 2. The van der Waals surface area contributed by atoms with Gasteiger partial charge in [0, 0.05) is 4.47 Å². The molecule has 0 fully saturated rings. The Morgan fingerprint density at radius 1 is 1.27 bits per heavy atom. The third-order valence-electron chi connectivity index (χ3n) is 2.18. The molecule has 2 aromatic rings. The molecule has 0 bridgehead atoms. The highest BCUT2D eigenvalue weighted by atomic mass is 79.9. The molecule has 0 N–H and O–H groups in total. The van der Waals surface area contributed by atoms with E-state index < -0.39 is 0 Å². The monoisotopic (exact) mass is 330 g/mol. The Kier molecular flexibility index (Phi) is 4.54. The molecular formula is C11H12Br2N2. The number of nitrogens with zero attached hydrogens (tertiary/aromatic N) is 2. The second-order valence-corrected chi connectivity index (χ2v) is 4.04. The average molecular weight is 332 g/mol. The molecule has 0 aliphatic heterocycles. The van der Waals surface area contributed by atoms with Gasteiger partial charge in [-0.2, -0.15) is 0 Å². The van der Waals surface area contributed by atoms with Crippen LogP contribution in [0.4, 0.5) is 0 Å². The molecule has 0 aliphatic carbocycles. The lowest BCUT2D eigenvalue weighted by Crippen LogP contribution is -3.00. The lowest BCUT2D eigenvalue weighted by Gasteiger charge is -1.94. The van der Waals surface area contributed by atoms with E-state index in [1.54, 1.807) is 0 Å². The smallest absolute Gasteiger partial charge is 0.248 e. The van der Waals surface area contributed by atoms with E-state index in [0.717, 1.165) is 11.0 Å². The van der Waals surface area contributed by atoms with Crippen molar-refractivity contribution in [3.63, 3.8) is 0 Å². The summed E-state index contributed by atoms with van der Waals surface area (Å²) in [5, 5.41) is 0. The lowest BCUT2D eigenvalue weighted by molar-refractivity contribution is -0.692. The highest BCUT2D eigenvalue weighted by Gasteiger charge is 2.03. The van der Waals surface area contributed by atoms with Gasteiger partial charge in [-0.25, -0.2) is 9.13 Å². The highest BCUT2D eigenvalue weighted by molar-refractivity contribution is 9.10. The molecule has 0 saturated carbocycles. The molecular weight excluding hydrogens is 320 g/mol. The third-order valence-corrected chi connectivity index (χ3v) is 2.71. The van der Waals surface area contributed by atoms with E-state index in [2.05, 4.69) is 62.8 Å². The second kappa shape index (κ2) is 5.47. The molecule has 80 valence electrons. The van der Waals surface area contributed by atoms with Gasteiger partial charge < -0.3 is 17.0 Å². The average Bonchev–Trinajstić information content (AvgIpc) is 2.67. The first-order chi connectivity index (χ1) is 6.79. The molecule has 1 heterocycles. The molecule has 0 amide bonds. The van der Waals surface area contributed by atoms with Crippen molar-refractivity contribution in [1.82, 2.24) is 4.57 Å². The first-order valence-electron chi connectivity index (χ1n) is 4.62. The maximum Gasteiger partial charge on any atom is 0.248 e. The Morgan fingerprint density at radius 2 is 1.93 bits per heavy atom. The van der Waals surface area contributed by atoms with Crippen molar-refractivity contribution in [3.8, 4) is 5.69 Å². The van der Waals surface area contributed by atoms with Crippen molar-refractivity contribution >= 4 is 15.9 Å². The van der Waals surface area contributed by atoms with Crippen LogP contribution in [0.15, 0.2) is 47.5 Å². The zero-order chi connectivity index (χ0) is 9.97. The van der Waals surface area contributed by atoms with Crippen molar-refractivity contribution in [2.45, 2.75) is 13.5 Å². The van der Waals surface area contributed by atoms with E-state index in [4.69, 9.17) is 0 Å². The molecule has 0 saturated heterocycles. The summed E-state index contributed by atoms with van der Waals surface area (Å²) in [6.07, 6.45) is 6.22. The Hall–Kier alpha value is -0.610. The summed E-state index contributed by atoms with van der Waals surface area (Å²) >= 11 is 3.42. The molecule has 4 heteroatoms. The molecule has 0 spiro atoms. The van der Waals surface area contributed by atoms with Crippen LogP contribution < -0.4 is 21.5 Å². The topological polar surface area (TPSA) is 8.81 Å². The zero-order valence-corrected chi connectivity index (χ0v) is 11.6. The number of halogens is 2. The van der Waals surface area contributed by atoms with E-state index in [1.165, 1.54) is 5.69 Å². The fourth-order valence-corrected chi connectivity index (χ4v) is 1.61. The summed E-state index contributed by atoms with van der Waals surface area (Å²) in [6, 6.07) is 8.27. The Balaban J connectivity index is 0.00000112. The third kappa shape index (κ3) is 2.92. The SMILES string of the molecule is CC[n+]1ccn(-c2ccc(Br)cc2)c1.[Br-]. The van der Waals surface area contributed by atoms with Gasteiger partial charge in [0.1, 0.15) is 18.1 Å². The molecule has 0 unspecified atom stereocenters. The quantitative estimate of drug-likeness (QED) is 0.659. The van der Waals surface area contributed by atoms with Crippen LogP contribution in [0.25, 0.3) is 5.69 Å². The molecule has 15 heavy (non-hydrogen) atoms. The van der Waals surface area contributed by atoms with Gasteiger partial charge >= 0.3 is 0 Å². The number of hydrogen-bond donors (Lipinski definition) is 0. The lowest BCUT2D eigenvalue weighted by atomic mass is 10.3. The van der Waals surface area contributed by atoms with Gasteiger partial charge in [0.15, 0.2) is 0 Å². The number of aromatic nitrogens is 2. The normalized spacial score (nSPS) is 9.73. The summed E-state index contributed by atoms with van der Waals surface area (Å²) in [5.41, 5.74) is 1.18. The highest BCUT2D eigenvalue weighted by Crippen LogP contribution is 2.13. The van der Waals surface area contributed by atoms with Crippen LogP contribution in [0.3, 0.4) is 0 Å². The van der Waals surface area contributed by atoms with Crippen LogP contribution in [0.5, 0.6) is 0 Å². The molecule has 1 aromatic heterocycles. The summed E-state index contributed by atoms with van der Waals surface area (Å²) in [6.45, 7) is 3.13. The summed E-state index contributed by atoms with van der Waals surface area (Å²) in [4.78, 5) is 0. The van der Waals surface area contributed by atoms with E-state index >= 15 is 0 Å². The molecule has 1 aromatic carbocycles. The second-order valence-electron chi connectivity index (χ2n) is 3.13. The summed E-state index contributed by atoms with van der Waals surface area (Å²) in [7, 11) is 0. The number of imidazole rings is 1. The van der Waals surface area contributed by atoms with Gasteiger partial charge in [0.05, 0.1) is 6.54 Å².